The fraction of sp³-hybridized carbons (Fsp3) is 1.00. The molecular weight excluding hydrogens is 280 g/mol. The third-order valence-corrected chi connectivity index (χ3v) is 6.80. The van der Waals surface area contributed by atoms with Gasteiger partial charge in [0.2, 0.25) is 0 Å². The summed E-state index contributed by atoms with van der Waals surface area (Å²) in [5.74, 6) is 3.75. The number of rotatable bonds is 12. The predicted octanol–water partition coefficient (Wildman–Crippen LogP) is 6.99. The highest BCUT2D eigenvalue weighted by Crippen LogP contribution is 2.49. The van der Waals surface area contributed by atoms with Crippen molar-refractivity contribution in [2.75, 3.05) is 0 Å². The normalized spacial score (nSPS) is 32.3. The smallest absolute Gasteiger partial charge is 0.0872 e. The number of hydrogen-bond acceptors (Lipinski definition) is 1. The molecule has 0 bridgehead atoms. The molecule has 2 rings (SSSR count). The zero-order chi connectivity index (χ0) is 16.7. The molecule has 2 fully saturated rings. The van der Waals surface area contributed by atoms with Crippen molar-refractivity contribution in [2.24, 2.45) is 23.7 Å². The Labute approximate surface area is 146 Å². The zero-order valence-corrected chi connectivity index (χ0v) is 16.4. The topological polar surface area (TPSA) is 12.5 Å². The molecule has 0 aromatic carbocycles. The van der Waals surface area contributed by atoms with Crippen molar-refractivity contribution in [3.8, 4) is 0 Å². The van der Waals surface area contributed by atoms with Gasteiger partial charge in [-0.15, -0.1) is 0 Å². The van der Waals surface area contributed by atoms with E-state index in [1.54, 1.807) is 0 Å². The Morgan fingerprint density at radius 3 is 2.00 bits per heavy atom. The van der Waals surface area contributed by atoms with E-state index in [1.807, 2.05) is 0 Å². The molecule has 1 heteroatoms. The molecule has 0 amide bonds. The van der Waals surface area contributed by atoms with Crippen LogP contribution in [0.1, 0.15) is 105 Å². The molecule has 6 atom stereocenters. The Bertz CT molecular complexity index is 313. The molecule has 1 saturated heterocycles. The van der Waals surface area contributed by atoms with E-state index < -0.39 is 0 Å². The Morgan fingerprint density at radius 2 is 1.43 bits per heavy atom. The van der Waals surface area contributed by atoms with Crippen LogP contribution in [0, 0.1) is 23.7 Å². The van der Waals surface area contributed by atoms with Gasteiger partial charge in [-0.3, -0.25) is 0 Å². The fourth-order valence-corrected chi connectivity index (χ4v) is 5.02. The van der Waals surface area contributed by atoms with Crippen LogP contribution in [-0.4, -0.2) is 12.2 Å². The largest absolute Gasteiger partial charge is 0.369 e. The summed E-state index contributed by atoms with van der Waals surface area (Å²) in [5, 5.41) is 0. The lowest BCUT2D eigenvalue weighted by atomic mass is 9.70. The quantitative estimate of drug-likeness (QED) is 0.353. The summed E-state index contributed by atoms with van der Waals surface area (Å²) in [5.41, 5.74) is 0. The predicted molar refractivity (Wildman–Crippen MR) is 101 cm³/mol. The van der Waals surface area contributed by atoms with Crippen molar-refractivity contribution >= 4 is 0 Å². The molecule has 0 spiro atoms. The van der Waals surface area contributed by atoms with Crippen LogP contribution in [0.25, 0.3) is 0 Å². The molecular formula is C22H42O. The number of ether oxygens (including phenoxy) is 1. The maximum atomic E-state index is 6.07. The lowest BCUT2D eigenvalue weighted by Gasteiger charge is -2.34. The first-order valence-corrected chi connectivity index (χ1v) is 10.9. The van der Waals surface area contributed by atoms with Crippen LogP contribution in [0.15, 0.2) is 0 Å². The lowest BCUT2D eigenvalue weighted by molar-refractivity contribution is 0.160. The third kappa shape index (κ3) is 5.76. The highest BCUT2D eigenvalue weighted by atomic mass is 16.6. The zero-order valence-electron chi connectivity index (χ0n) is 16.4. The van der Waals surface area contributed by atoms with Gasteiger partial charge in [-0.2, -0.15) is 0 Å². The summed E-state index contributed by atoms with van der Waals surface area (Å²) in [6, 6.07) is 0. The second kappa shape index (κ2) is 10.1. The van der Waals surface area contributed by atoms with E-state index in [2.05, 4.69) is 27.7 Å². The molecule has 2 aliphatic rings. The molecule has 1 aliphatic carbocycles. The SMILES string of the molecule is CCCCC(CC)CC1CCC2OC2C1CC(CC)CCCC. The van der Waals surface area contributed by atoms with E-state index in [0.717, 1.165) is 23.7 Å². The minimum atomic E-state index is 0.646. The van der Waals surface area contributed by atoms with Crippen LogP contribution in [-0.2, 0) is 4.74 Å². The highest BCUT2D eigenvalue weighted by molar-refractivity contribution is 4.99. The lowest BCUT2D eigenvalue weighted by Crippen LogP contribution is -2.30. The van der Waals surface area contributed by atoms with Crippen molar-refractivity contribution in [2.45, 2.75) is 117 Å². The minimum absolute atomic E-state index is 0.646. The number of epoxide rings is 1. The Hall–Kier alpha value is -0.0400. The summed E-state index contributed by atoms with van der Waals surface area (Å²) in [4.78, 5) is 0. The van der Waals surface area contributed by atoms with Crippen molar-refractivity contribution in [3.05, 3.63) is 0 Å². The second-order valence-corrected chi connectivity index (χ2v) is 8.44. The summed E-state index contributed by atoms with van der Waals surface area (Å²) in [6.45, 7) is 9.47. The number of fused-ring (bicyclic) bond motifs is 1. The summed E-state index contributed by atoms with van der Waals surface area (Å²) in [6.07, 6.45) is 18.2. The highest BCUT2D eigenvalue weighted by Gasteiger charge is 2.51. The van der Waals surface area contributed by atoms with Crippen molar-refractivity contribution in [1.29, 1.82) is 0 Å². The summed E-state index contributed by atoms with van der Waals surface area (Å²) >= 11 is 0. The Kier molecular flexibility index (Phi) is 8.44. The van der Waals surface area contributed by atoms with E-state index in [-0.39, 0.29) is 0 Å². The number of hydrogen-bond donors (Lipinski definition) is 0. The van der Waals surface area contributed by atoms with E-state index in [1.165, 1.54) is 77.0 Å². The maximum Gasteiger partial charge on any atom is 0.0872 e. The Balaban J connectivity index is 1.90. The second-order valence-electron chi connectivity index (χ2n) is 8.44. The van der Waals surface area contributed by atoms with Gasteiger partial charge in [-0.1, -0.05) is 79.1 Å². The molecule has 136 valence electrons. The first-order valence-electron chi connectivity index (χ1n) is 10.9. The standard InChI is InChI=1S/C22H42O/c1-5-9-11-17(7-3)15-19-13-14-21-22(23-21)20(19)16-18(8-4)12-10-6-2/h17-22H,5-16H2,1-4H3. The van der Waals surface area contributed by atoms with Gasteiger partial charge in [0, 0.05) is 0 Å². The van der Waals surface area contributed by atoms with Crippen LogP contribution in [0.5, 0.6) is 0 Å². The van der Waals surface area contributed by atoms with Crippen molar-refractivity contribution in [3.63, 3.8) is 0 Å². The van der Waals surface area contributed by atoms with Gasteiger partial charge in [0.05, 0.1) is 12.2 Å². The van der Waals surface area contributed by atoms with Crippen LogP contribution in [0.4, 0.5) is 0 Å². The number of unbranched alkanes of at least 4 members (excludes halogenated alkanes) is 2. The van der Waals surface area contributed by atoms with Gasteiger partial charge < -0.3 is 4.74 Å². The summed E-state index contributed by atoms with van der Waals surface area (Å²) < 4.78 is 6.07. The van der Waals surface area contributed by atoms with E-state index in [9.17, 15) is 0 Å². The molecule has 1 nitrogen and oxygen atoms in total. The average Bonchev–Trinajstić information content (AvgIpc) is 3.36. The first kappa shape index (κ1) is 19.3. The third-order valence-electron chi connectivity index (χ3n) is 6.80. The van der Waals surface area contributed by atoms with E-state index >= 15 is 0 Å². The van der Waals surface area contributed by atoms with Gasteiger partial charge in [0.1, 0.15) is 0 Å². The van der Waals surface area contributed by atoms with E-state index in [0.29, 0.717) is 12.2 Å². The van der Waals surface area contributed by atoms with Gasteiger partial charge >= 0.3 is 0 Å². The summed E-state index contributed by atoms with van der Waals surface area (Å²) in [7, 11) is 0. The van der Waals surface area contributed by atoms with E-state index in [4.69, 9.17) is 4.74 Å². The van der Waals surface area contributed by atoms with Gasteiger partial charge in [-0.25, -0.2) is 0 Å². The molecule has 1 heterocycles. The monoisotopic (exact) mass is 322 g/mol. The molecule has 0 radical (unpaired) electrons. The van der Waals surface area contributed by atoms with Gasteiger partial charge in [-0.05, 0) is 49.4 Å². The Morgan fingerprint density at radius 1 is 0.826 bits per heavy atom. The molecule has 0 aromatic rings. The molecule has 0 N–H and O–H groups in total. The van der Waals surface area contributed by atoms with Crippen LogP contribution in [0.2, 0.25) is 0 Å². The van der Waals surface area contributed by atoms with Crippen LogP contribution in [0.3, 0.4) is 0 Å². The van der Waals surface area contributed by atoms with Crippen molar-refractivity contribution in [1.82, 2.24) is 0 Å². The van der Waals surface area contributed by atoms with Gasteiger partial charge in [0.25, 0.3) is 0 Å². The van der Waals surface area contributed by atoms with Gasteiger partial charge in [0.15, 0.2) is 0 Å². The molecule has 6 unspecified atom stereocenters. The van der Waals surface area contributed by atoms with Crippen LogP contribution >= 0.6 is 0 Å². The first-order chi connectivity index (χ1) is 11.2. The van der Waals surface area contributed by atoms with Crippen LogP contribution < -0.4 is 0 Å². The molecule has 23 heavy (non-hydrogen) atoms. The average molecular weight is 323 g/mol. The molecule has 1 saturated carbocycles. The maximum absolute atomic E-state index is 6.07. The molecule has 0 aromatic heterocycles. The van der Waals surface area contributed by atoms with Crippen molar-refractivity contribution < 1.29 is 4.74 Å². The molecule has 1 aliphatic heterocycles. The fourth-order valence-electron chi connectivity index (χ4n) is 5.02. The minimum Gasteiger partial charge on any atom is -0.369 e.